The fourth-order valence-corrected chi connectivity index (χ4v) is 4.35. The van der Waals surface area contributed by atoms with Gasteiger partial charge in [-0.15, -0.1) is 0 Å². The van der Waals surface area contributed by atoms with Crippen LogP contribution in [0.2, 0.25) is 10.0 Å². The molecule has 2 heterocycles. The van der Waals surface area contributed by atoms with E-state index in [9.17, 15) is 4.79 Å². The highest BCUT2D eigenvalue weighted by molar-refractivity contribution is 14.1. The van der Waals surface area contributed by atoms with Gasteiger partial charge in [0.15, 0.2) is 11.5 Å². The van der Waals surface area contributed by atoms with Crippen LogP contribution >= 0.6 is 45.8 Å². The number of fused-ring (bicyclic) bond motifs is 2. The summed E-state index contributed by atoms with van der Waals surface area (Å²) in [6.07, 6.45) is 3.64. The van der Waals surface area contributed by atoms with Crippen molar-refractivity contribution in [2.45, 2.75) is 0 Å². The maximum absolute atomic E-state index is 13.5. The number of halogens is 3. The maximum atomic E-state index is 13.5. The molecule has 1 aliphatic heterocycles. The molecular weight excluding hydrogens is 550 g/mol. The third-order valence-corrected chi connectivity index (χ3v) is 6.04. The molecule has 0 fully saturated rings. The Hall–Kier alpha value is -2.55. The van der Waals surface area contributed by atoms with Gasteiger partial charge in [-0.05, 0) is 82.8 Å². The van der Waals surface area contributed by atoms with Crippen molar-refractivity contribution in [3.63, 3.8) is 0 Å². The van der Waals surface area contributed by atoms with E-state index in [1.54, 1.807) is 24.3 Å². The summed E-state index contributed by atoms with van der Waals surface area (Å²) in [5.74, 6) is 1.84. The fraction of sp³-hybridized carbons (Fsp3) is 0.0435. The minimum absolute atomic E-state index is 0.210. The zero-order valence-electron chi connectivity index (χ0n) is 15.8. The Kier molecular flexibility index (Phi) is 5.37. The lowest BCUT2D eigenvalue weighted by atomic mass is 10.1. The van der Waals surface area contributed by atoms with E-state index in [1.165, 1.54) is 4.57 Å². The molecule has 0 bridgehead atoms. The van der Waals surface area contributed by atoms with Crippen LogP contribution in [0.3, 0.4) is 0 Å². The zero-order valence-corrected chi connectivity index (χ0v) is 19.5. The van der Waals surface area contributed by atoms with E-state index in [4.69, 9.17) is 37.7 Å². The Balaban J connectivity index is 1.70. The minimum atomic E-state index is -0.210. The number of hydrogen-bond donors (Lipinski definition) is 0. The van der Waals surface area contributed by atoms with Crippen LogP contribution in [-0.2, 0) is 0 Å². The second kappa shape index (κ2) is 8.18. The zero-order chi connectivity index (χ0) is 21.5. The summed E-state index contributed by atoms with van der Waals surface area (Å²) in [5, 5.41) is 1.36. The molecule has 4 aromatic rings. The van der Waals surface area contributed by atoms with Gasteiger partial charge in [0.1, 0.15) is 5.82 Å². The quantitative estimate of drug-likeness (QED) is 0.279. The van der Waals surface area contributed by atoms with Crippen LogP contribution < -0.4 is 15.0 Å². The van der Waals surface area contributed by atoms with E-state index < -0.39 is 0 Å². The Morgan fingerprint density at radius 3 is 2.65 bits per heavy atom. The normalized spacial score (nSPS) is 12.7. The molecule has 154 valence electrons. The SMILES string of the molecule is O=c1c2cc(I)ccc2nc(C=Cc2ccc3c(c2)OCO3)n1-c1ccc(Cl)cc1Cl. The van der Waals surface area contributed by atoms with E-state index in [0.29, 0.717) is 44.0 Å². The Bertz CT molecular complexity index is 1430. The van der Waals surface area contributed by atoms with Gasteiger partial charge < -0.3 is 9.47 Å². The summed E-state index contributed by atoms with van der Waals surface area (Å²) < 4.78 is 13.2. The van der Waals surface area contributed by atoms with Crippen LogP contribution in [0.15, 0.2) is 59.4 Å². The van der Waals surface area contributed by atoms with Gasteiger partial charge in [0.2, 0.25) is 6.79 Å². The molecule has 0 saturated heterocycles. The second-order valence-electron chi connectivity index (χ2n) is 6.81. The summed E-state index contributed by atoms with van der Waals surface area (Å²) in [6.45, 7) is 0.210. The van der Waals surface area contributed by atoms with Gasteiger partial charge in [-0.2, -0.15) is 0 Å². The van der Waals surface area contributed by atoms with Crippen molar-refractivity contribution in [3.05, 3.63) is 90.0 Å². The van der Waals surface area contributed by atoms with Gasteiger partial charge in [0, 0.05) is 8.59 Å². The molecule has 0 unspecified atom stereocenters. The van der Waals surface area contributed by atoms with E-state index in [1.807, 2.05) is 42.5 Å². The molecule has 5 rings (SSSR count). The van der Waals surface area contributed by atoms with E-state index in [-0.39, 0.29) is 12.4 Å². The van der Waals surface area contributed by atoms with Gasteiger partial charge in [0.25, 0.3) is 5.56 Å². The molecule has 1 aliphatic rings. The molecule has 0 amide bonds. The van der Waals surface area contributed by atoms with Crippen molar-refractivity contribution < 1.29 is 9.47 Å². The lowest BCUT2D eigenvalue weighted by Crippen LogP contribution is -2.22. The van der Waals surface area contributed by atoms with Gasteiger partial charge in [-0.1, -0.05) is 35.3 Å². The van der Waals surface area contributed by atoms with Crippen molar-refractivity contribution in [3.8, 4) is 17.2 Å². The first kappa shape index (κ1) is 20.4. The molecule has 0 radical (unpaired) electrons. The molecule has 31 heavy (non-hydrogen) atoms. The van der Waals surface area contributed by atoms with Crippen molar-refractivity contribution >= 4 is 68.8 Å². The molecule has 8 heteroatoms. The van der Waals surface area contributed by atoms with Crippen molar-refractivity contribution in [1.82, 2.24) is 9.55 Å². The number of benzene rings is 3. The Labute approximate surface area is 201 Å². The largest absolute Gasteiger partial charge is 0.454 e. The Morgan fingerprint density at radius 1 is 0.968 bits per heavy atom. The number of rotatable bonds is 3. The van der Waals surface area contributed by atoms with Gasteiger partial charge in [0.05, 0.1) is 21.6 Å². The van der Waals surface area contributed by atoms with E-state index in [0.717, 1.165) is 9.13 Å². The average molecular weight is 563 g/mol. The first-order valence-electron chi connectivity index (χ1n) is 9.25. The molecule has 0 N–H and O–H groups in total. The molecular formula is C23H13Cl2IN2O3. The molecule has 0 atom stereocenters. The first-order chi connectivity index (χ1) is 15.0. The number of aromatic nitrogens is 2. The minimum Gasteiger partial charge on any atom is -0.454 e. The fourth-order valence-electron chi connectivity index (χ4n) is 3.37. The third kappa shape index (κ3) is 3.91. The van der Waals surface area contributed by atoms with Crippen LogP contribution in [0.25, 0.3) is 28.7 Å². The summed E-state index contributed by atoms with van der Waals surface area (Å²) in [5.41, 5.74) is 1.79. The van der Waals surface area contributed by atoms with Crippen molar-refractivity contribution in [2.75, 3.05) is 6.79 Å². The second-order valence-corrected chi connectivity index (χ2v) is 8.90. The molecule has 3 aromatic carbocycles. The highest BCUT2D eigenvalue weighted by atomic mass is 127. The first-order valence-corrected chi connectivity index (χ1v) is 11.1. The van der Waals surface area contributed by atoms with E-state index in [2.05, 4.69) is 22.6 Å². The highest BCUT2D eigenvalue weighted by Gasteiger charge is 2.15. The van der Waals surface area contributed by atoms with Gasteiger partial charge in [-0.3, -0.25) is 9.36 Å². The van der Waals surface area contributed by atoms with Crippen LogP contribution in [0, 0.1) is 3.57 Å². The van der Waals surface area contributed by atoms with Crippen molar-refractivity contribution in [2.24, 2.45) is 0 Å². The highest BCUT2D eigenvalue weighted by Crippen LogP contribution is 2.33. The summed E-state index contributed by atoms with van der Waals surface area (Å²) in [6, 6.07) is 16.2. The van der Waals surface area contributed by atoms with E-state index >= 15 is 0 Å². The number of ether oxygens (including phenoxy) is 2. The third-order valence-electron chi connectivity index (χ3n) is 4.83. The number of nitrogens with zero attached hydrogens (tertiary/aromatic N) is 2. The van der Waals surface area contributed by atoms with Crippen LogP contribution in [0.4, 0.5) is 0 Å². The average Bonchev–Trinajstić information content (AvgIpc) is 3.22. The summed E-state index contributed by atoms with van der Waals surface area (Å²) in [7, 11) is 0. The predicted octanol–water partition coefficient (Wildman–Crippen LogP) is 6.20. The standard InChI is InChI=1S/C23H13Cl2IN2O3/c24-14-3-6-19(17(25)10-14)28-22(27-18-5-4-15(26)11-16(18)23(28)29)8-2-13-1-7-20-21(9-13)31-12-30-20/h1-11H,12H2. The lowest BCUT2D eigenvalue weighted by molar-refractivity contribution is 0.174. The van der Waals surface area contributed by atoms with Gasteiger partial charge in [-0.25, -0.2) is 4.98 Å². The predicted molar refractivity (Wildman–Crippen MR) is 132 cm³/mol. The summed E-state index contributed by atoms with van der Waals surface area (Å²) in [4.78, 5) is 18.2. The van der Waals surface area contributed by atoms with Crippen LogP contribution in [0.5, 0.6) is 11.5 Å². The Morgan fingerprint density at radius 2 is 1.81 bits per heavy atom. The van der Waals surface area contributed by atoms with Crippen molar-refractivity contribution in [1.29, 1.82) is 0 Å². The number of hydrogen-bond acceptors (Lipinski definition) is 4. The molecule has 1 aromatic heterocycles. The maximum Gasteiger partial charge on any atom is 0.266 e. The van der Waals surface area contributed by atoms with Gasteiger partial charge >= 0.3 is 0 Å². The topological polar surface area (TPSA) is 53.4 Å². The molecule has 0 aliphatic carbocycles. The molecule has 0 spiro atoms. The smallest absolute Gasteiger partial charge is 0.266 e. The van der Waals surface area contributed by atoms with Crippen LogP contribution in [-0.4, -0.2) is 16.3 Å². The molecule has 0 saturated carbocycles. The lowest BCUT2D eigenvalue weighted by Gasteiger charge is -2.13. The molecule has 5 nitrogen and oxygen atoms in total. The summed E-state index contributed by atoms with van der Waals surface area (Å²) >= 11 is 14.7. The van der Waals surface area contributed by atoms with Crippen LogP contribution in [0.1, 0.15) is 11.4 Å². The monoisotopic (exact) mass is 562 g/mol.